The standard InChI is InChI=1S/C18H30N2O3/c1-5-15-17-14(7-9-20(15)6-2)18(23-4)13(11-16(17)22-3)12-19-8-10-21/h11,15,19,21H,5-10,12H2,1-4H3. The summed E-state index contributed by atoms with van der Waals surface area (Å²) in [5.74, 6) is 1.92. The highest BCUT2D eigenvalue weighted by atomic mass is 16.5. The van der Waals surface area contributed by atoms with Crippen LogP contribution in [-0.4, -0.2) is 50.5 Å². The van der Waals surface area contributed by atoms with Gasteiger partial charge in [0.15, 0.2) is 0 Å². The second kappa shape index (κ2) is 8.52. The Bertz CT molecular complexity index is 519. The summed E-state index contributed by atoms with van der Waals surface area (Å²) in [5.41, 5.74) is 3.66. The van der Waals surface area contributed by atoms with E-state index < -0.39 is 0 Å². The molecule has 0 aliphatic carbocycles. The van der Waals surface area contributed by atoms with E-state index in [-0.39, 0.29) is 6.61 Å². The largest absolute Gasteiger partial charge is 0.496 e. The maximum atomic E-state index is 8.96. The molecule has 0 amide bonds. The Morgan fingerprint density at radius 3 is 2.65 bits per heavy atom. The summed E-state index contributed by atoms with van der Waals surface area (Å²) in [6.45, 7) is 7.91. The Labute approximate surface area is 139 Å². The zero-order valence-corrected chi connectivity index (χ0v) is 14.8. The molecule has 0 spiro atoms. The number of aliphatic hydroxyl groups excluding tert-OH is 1. The summed E-state index contributed by atoms with van der Waals surface area (Å²) < 4.78 is 11.5. The molecule has 5 nitrogen and oxygen atoms in total. The highest BCUT2D eigenvalue weighted by molar-refractivity contribution is 5.56. The number of nitrogens with one attached hydrogen (secondary N) is 1. The maximum Gasteiger partial charge on any atom is 0.127 e. The third-order valence-corrected chi connectivity index (χ3v) is 4.71. The molecule has 23 heavy (non-hydrogen) atoms. The lowest BCUT2D eigenvalue weighted by Crippen LogP contribution is -2.35. The molecular formula is C18H30N2O3. The summed E-state index contributed by atoms with van der Waals surface area (Å²) in [7, 11) is 3.48. The number of hydrogen-bond donors (Lipinski definition) is 2. The van der Waals surface area contributed by atoms with Crippen molar-refractivity contribution in [3.63, 3.8) is 0 Å². The van der Waals surface area contributed by atoms with Crippen molar-refractivity contribution in [2.45, 2.75) is 39.3 Å². The molecule has 0 radical (unpaired) electrons. The Morgan fingerprint density at radius 2 is 2.09 bits per heavy atom. The lowest BCUT2D eigenvalue weighted by molar-refractivity contribution is 0.183. The van der Waals surface area contributed by atoms with Gasteiger partial charge in [0.25, 0.3) is 0 Å². The van der Waals surface area contributed by atoms with Gasteiger partial charge < -0.3 is 19.9 Å². The molecule has 1 heterocycles. The molecule has 0 fully saturated rings. The van der Waals surface area contributed by atoms with Crippen LogP contribution in [0.3, 0.4) is 0 Å². The van der Waals surface area contributed by atoms with E-state index >= 15 is 0 Å². The predicted molar refractivity (Wildman–Crippen MR) is 92.3 cm³/mol. The number of fused-ring (bicyclic) bond motifs is 1. The van der Waals surface area contributed by atoms with E-state index in [1.54, 1.807) is 14.2 Å². The summed E-state index contributed by atoms with van der Waals surface area (Å²) in [5, 5.41) is 12.2. The van der Waals surface area contributed by atoms with Gasteiger partial charge in [0.2, 0.25) is 0 Å². The molecule has 1 atom stereocenters. The fraction of sp³-hybridized carbons (Fsp3) is 0.667. The van der Waals surface area contributed by atoms with Gasteiger partial charge in [0, 0.05) is 42.4 Å². The second-order valence-corrected chi connectivity index (χ2v) is 5.87. The molecule has 1 unspecified atom stereocenters. The van der Waals surface area contributed by atoms with Gasteiger partial charge in [-0.2, -0.15) is 0 Å². The molecule has 0 aromatic heterocycles. The van der Waals surface area contributed by atoms with Crippen molar-refractivity contribution in [3.8, 4) is 11.5 Å². The number of benzene rings is 1. The normalized spacial score (nSPS) is 17.9. The van der Waals surface area contributed by atoms with Gasteiger partial charge in [-0.3, -0.25) is 4.90 Å². The third-order valence-electron chi connectivity index (χ3n) is 4.71. The molecule has 130 valence electrons. The molecule has 1 aliphatic rings. The second-order valence-electron chi connectivity index (χ2n) is 5.87. The monoisotopic (exact) mass is 322 g/mol. The number of hydrogen-bond acceptors (Lipinski definition) is 5. The number of ether oxygens (including phenoxy) is 2. The van der Waals surface area contributed by atoms with E-state index in [1.807, 2.05) is 0 Å². The first-order chi connectivity index (χ1) is 11.2. The van der Waals surface area contributed by atoms with Crippen LogP contribution in [-0.2, 0) is 13.0 Å². The zero-order chi connectivity index (χ0) is 16.8. The zero-order valence-electron chi connectivity index (χ0n) is 14.8. The third kappa shape index (κ3) is 3.62. The van der Waals surface area contributed by atoms with Gasteiger partial charge in [-0.15, -0.1) is 0 Å². The van der Waals surface area contributed by atoms with Crippen LogP contribution in [0.15, 0.2) is 6.07 Å². The summed E-state index contributed by atoms with van der Waals surface area (Å²) >= 11 is 0. The van der Waals surface area contributed by atoms with E-state index in [9.17, 15) is 0 Å². The number of nitrogens with zero attached hydrogens (tertiary/aromatic N) is 1. The van der Waals surface area contributed by atoms with Crippen molar-refractivity contribution >= 4 is 0 Å². The van der Waals surface area contributed by atoms with Gasteiger partial charge in [0.1, 0.15) is 11.5 Å². The molecule has 2 N–H and O–H groups in total. The number of aliphatic hydroxyl groups is 1. The van der Waals surface area contributed by atoms with Crippen molar-refractivity contribution < 1.29 is 14.6 Å². The Morgan fingerprint density at radius 1 is 1.30 bits per heavy atom. The molecule has 0 saturated heterocycles. The fourth-order valence-corrected chi connectivity index (χ4v) is 3.67. The fourth-order valence-electron chi connectivity index (χ4n) is 3.67. The van der Waals surface area contributed by atoms with Crippen molar-refractivity contribution in [1.29, 1.82) is 0 Å². The van der Waals surface area contributed by atoms with E-state index in [1.165, 1.54) is 11.1 Å². The van der Waals surface area contributed by atoms with Crippen LogP contribution in [0.1, 0.15) is 43.0 Å². The maximum absolute atomic E-state index is 8.96. The SMILES string of the molecule is CCC1c2c(OC)cc(CNCCO)c(OC)c2CCN1CC. The van der Waals surface area contributed by atoms with Gasteiger partial charge in [-0.1, -0.05) is 13.8 Å². The summed E-state index contributed by atoms with van der Waals surface area (Å²) in [4.78, 5) is 2.51. The average molecular weight is 322 g/mol. The van der Waals surface area contributed by atoms with Gasteiger partial charge in [-0.05, 0) is 25.5 Å². The molecular weight excluding hydrogens is 292 g/mol. The molecule has 1 aliphatic heterocycles. The number of methoxy groups -OCH3 is 2. The molecule has 1 aromatic rings. The van der Waals surface area contributed by atoms with E-state index in [2.05, 4.69) is 30.1 Å². The first kappa shape index (κ1) is 18.0. The van der Waals surface area contributed by atoms with Gasteiger partial charge in [-0.25, -0.2) is 0 Å². The number of rotatable bonds is 8. The minimum atomic E-state index is 0.133. The van der Waals surface area contributed by atoms with Crippen LogP contribution in [0.4, 0.5) is 0 Å². The predicted octanol–water partition coefficient (Wildman–Crippen LogP) is 2.11. The summed E-state index contributed by atoms with van der Waals surface area (Å²) in [6.07, 6.45) is 2.04. The molecule has 5 heteroatoms. The van der Waals surface area contributed by atoms with Gasteiger partial charge in [0.05, 0.1) is 20.8 Å². The van der Waals surface area contributed by atoms with E-state index in [0.717, 1.165) is 43.0 Å². The van der Waals surface area contributed by atoms with Crippen LogP contribution in [0, 0.1) is 0 Å². The molecule has 1 aromatic carbocycles. The van der Waals surface area contributed by atoms with Crippen molar-refractivity contribution in [1.82, 2.24) is 10.2 Å². The quantitative estimate of drug-likeness (QED) is 0.718. The topological polar surface area (TPSA) is 54.0 Å². The Hall–Kier alpha value is -1.30. The molecule has 2 rings (SSSR count). The average Bonchev–Trinajstić information content (AvgIpc) is 2.59. The lowest BCUT2D eigenvalue weighted by Gasteiger charge is -2.38. The first-order valence-electron chi connectivity index (χ1n) is 8.53. The van der Waals surface area contributed by atoms with E-state index in [0.29, 0.717) is 19.1 Å². The van der Waals surface area contributed by atoms with Crippen LogP contribution >= 0.6 is 0 Å². The smallest absolute Gasteiger partial charge is 0.127 e. The number of likely N-dealkylation sites (N-methyl/N-ethyl adjacent to an activating group) is 1. The van der Waals surface area contributed by atoms with Crippen molar-refractivity contribution in [2.75, 3.05) is 40.5 Å². The molecule has 0 saturated carbocycles. The van der Waals surface area contributed by atoms with Crippen LogP contribution in [0.5, 0.6) is 11.5 Å². The van der Waals surface area contributed by atoms with Crippen LogP contribution in [0.2, 0.25) is 0 Å². The Kier molecular flexibility index (Phi) is 6.69. The van der Waals surface area contributed by atoms with Crippen molar-refractivity contribution in [3.05, 3.63) is 22.8 Å². The van der Waals surface area contributed by atoms with Crippen LogP contribution < -0.4 is 14.8 Å². The Balaban J connectivity index is 2.48. The minimum Gasteiger partial charge on any atom is -0.496 e. The lowest BCUT2D eigenvalue weighted by atomic mass is 9.87. The highest BCUT2D eigenvalue weighted by Gasteiger charge is 2.31. The first-order valence-corrected chi connectivity index (χ1v) is 8.53. The summed E-state index contributed by atoms with van der Waals surface area (Å²) in [6, 6.07) is 2.47. The van der Waals surface area contributed by atoms with E-state index in [4.69, 9.17) is 14.6 Å². The minimum absolute atomic E-state index is 0.133. The highest BCUT2D eigenvalue weighted by Crippen LogP contribution is 2.44. The van der Waals surface area contributed by atoms with Crippen molar-refractivity contribution in [2.24, 2.45) is 0 Å². The molecule has 0 bridgehead atoms. The van der Waals surface area contributed by atoms with Crippen LogP contribution in [0.25, 0.3) is 0 Å². The van der Waals surface area contributed by atoms with Gasteiger partial charge >= 0.3 is 0 Å².